The Hall–Kier alpha value is -3.00. The van der Waals surface area contributed by atoms with Crippen molar-refractivity contribution >= 4 is 21.0 Å². The molecule has 0 aliphatic carbocycles. The fourth-order valence-electron chi connectivity index (χ4n) is 3.63. The van der Waals surface area contributed by atoms with Crippen molar-refractivity contribution in [2.45, 2.75) is 24.0 Å². The first-order valence-electron chi connectivity index (χ1n) is 9.80. The van der Waals surface area contributed by atoms with E-state index in [1.807, 2.05) is 37.3 Å². The van der Waals surface area contributed by atoms with E-state index in [0.717, 1.165) is 16.5 Å². The van der Waals surface area contributed by atoms with E-state index in [1.54, 1.807) is 35.0 Å². The number of hydrogen-bond acceptors (Lipinski definition) is 4. The predicted molar refractivity (Wildman–Crippen MR) is 117 cm³/mol. The van der Waals surface area contributed by atoms with Crippen LogP contribution in [0, 0.1) is 12.7 Å². The van der Waals surface area contributed by atoms with Gasteiger partial charge in [0.05, 0.1) is 17.5 Å². The van der Waals surface area contributed by atoms with Gasteiger partial charge in [-0.2, -0.15) is 8.42 Å². The van der Waals surface area contributed by atoms with Crippen LogP contribution in [0.1, 0.15) is 17.2 Å². The molecule has 0 saturated carbocycles. The van der Waals surface area contributed by atoms with Crippen LogP contribution in [0.5, 0.6) is 0 Å². The van der Waals surface area contributed by atoms with Crippen LogP contribution in [0.3, 0.4) is 0 Å². The fraction of sp³-hybridized carbons (Fsp3) is 0.167. The van der Waals surface area contributed by atoms with Crippen LogP contribution < -0.4 is 0 Å². The van der Waals surface area contributed by atoms with E-state index in [0.29, 0.717) is 5.56 Å². The number of para-hydroxylation sites is 1. The first-order valence-corrected chi connectivity index (χ1v) is 11.2. The maximum absolute atomic E-state index is 14.0. The standard InChI is InChI=1S/C24H22FNO4S/c1-17-9-11-21(12-10-17)31(28,29)30-16-23(27)24(19-6-4-7-20(25)15-19)26-14-13-18-5-2-3-8-22(18)26/h2-15,23-24,27H,16H2,1H3/t23-,24-/m0/s1. The van der Waals surface area contributed by atoms with Gasteiger partial charge >= 0.3 is 0 Å². The molecule has 3 aromatic carbocycles. The number of aryl methyl sites for hydroxylation is 1. The van der Waals surface area contributed by atoms with E-state index in [2.05, 4.69) is 0 Å². The highest BCUT2D eigenvalue weighted by Crippen LogP contribution is 2.29. The fourth-order valence-corrected chi connectivity index (χ4v) is 4.55. The second-order valence-electron chi connectivity index (χ2n) is 7.40. The summed E-state index contributed by atoms with van der Waals surface area (Å²) in [6.45, 7) is 1.37. The number of nitrogens with zero attached hydrogens (tertiary/aromatic N) is 1. The Bertz CT molecular complexity index is 1300. The molecule has 1 heterocycles. The van der Waals surface area contributed by atoms with Gasteiger partial charge in [-0.3, -0.25) is 4.18 Å². The van der Waals surface area contributed by atoms with Crippen molar-refractivity contribution in [3.8, 4) is 0 Å². The van der Waals surface area contributed by atoms with Crippen LogP contribution in [0.15, 0.2) is 90.0 Å². The molecule has 0 saturated heterocycles. The largest absolute Gasteiger partial charge is 0.388 e. The van der Waals surface area contributed by atoms with Crippen LogP contribution in [-0.2, 0) is 14.3 Å². The van der Waals surface area contributed by atoms with Crippen molar-refractivity contribution < 1.29 is 22.1 Å². The minimum absolute atomic E-state index is 0.0130. The number of rotatable bonds is 7. The average molecular weight is 440 g/mol. The molecule has 0 radical (unpaired) electrons. The molecule has 4 aromatic rings. The van der Waals surface area contributed by atoms with Gasteiger partial charge < -0.3 is 9.67 Å². The molecular formula is C24H22FNO4S. The van der Waals surface area contributed by atoms with E-state index in [9.17, 15) is 17.9 Å². The summed E-state index contributed by atoms with van der Waals surface area (Å²) >= 11 is 0. The van der Waals surface area contributed by atoms with Crippen LogP contribution >= 0.6 is 0 Å². The lowest BCUT2D eigenvalue weighted by atomic mass is 10.0. The summed E-state index contributed by atoms with van der Waals surface area (Å²) in [5.41, 5.74) is 2.26. The number of hydrogen-bond donors (Lipinski definition) is 1. The summed E-state index contributed by atoms with van der Waals surface area (Å²) in [4.78, 5) is 0.0130. The summed E-state index contributed by atoms with van der Waals surface area (Å²) in [5, 5.41) is 12.0. The number of halogens is 1. The van der Waals surface area contributed by atoms with Gasteiger partial charge in [-0.05, 0) is 54.3 Å². The highest BCUT2D eigenvalue weighted by atomic mass is 32.2. The molecule has 160 valence electrons. The Labute approximate surface area is 180 Å². The maximum atomic E-state index is 14.0. The molecule has 1 aromatic heterocycles. The third-order valence-electron chi connectivity index (χ3n) is 5.19. The molecule has 0 amide bonds. The Morgan fingerprint density at radius 2 is 1.74 bits per heavy atom. The van der Waals surface area contributed by atoms with Crippen LogP contribution in [0.25, 0.3) is 10.9 Å². The molecule has 7 heteroatoms. The summed E-state index contributed by atoms with van der Waals surface area (Å²) in [7, 11) is -4.05. The van der Waals surface area contributed by atoms with Crippen molar-refractivity contribution in [3.05, 3.63) is 102 Å². The molecule has 0 fully saturated rings. The summed E-state index contributed by atoms with van der Waals surface area (Å²) in [6, 6.07) is 20.9. The molecule has 0 unspecified atom stereocenters. The molecule has 0 spiro atoms. The van der Waals surface area contributed by atoms with E-state index in [-0.39, 0.29) is 4.90 Å². The van der Waals surface area contributed by atoms with Gasteiger partial charge in [-0.1, -0.05) is 48.0 Å². The van der Waals surface area contributed by atoms with E-state index in [1.165, 1.54) is 24.3 Å². The smallest absolute Gasteiger partial charge is 0.297 e. The van der Waals surface area contributed by atoms with Gasteiger partial charge in [-0.25, -0.2) is 4.39 Å². The molecule has 1 N–H and O–H groups in total. The lowest BCUT2D eigenvalue weighted by molar-refractivity contribution is 0.0784. The first kappa shape index (κ1) is 21.2. The van der Waals surface area contributed by atoms with E-state index in [4.69, 9.17) is 4.18 Å². The number of benzene rings is 3. The van der Waals surface area contributed by atoms with Gasteiger partial charge in [0, 0.05) is 11.7 Å². The highest BCUT2D eigenvalue weighted by molar-refractivity contribution is 7.86. The summed E-state index contributed by atoms with van der Waals surface area (Å²) < 4.78 is 46.1. The average Bonchev–Trinajstić information content (AvgIpc) is 3.17. The Morgan fingerprint density at radius 3 is 2.48 bits per heavy atom. The lowest BCUT2D eigenvalue weighted by Gasteiger charge is -2.26. The van der Waals surface area contributed by atoms with Gasteiger partial charge in [0.2, 0.25) is 0 Å². The second-order valence-corrected chi connectivity index (χ2v) is 9.02. The van der Waals surface area contributed by atoms with Crippen LogP contribution in [0.4, 0.5) is 4.39 Å². The Balaban J connectivity index is 1.66. The van der Waals surface area contributed by atoms with Crippen molar-refractivity contribution in [3.63, 3.8) is 0 Å². The van der Waals surface area contributed by atoms with Gasteiger partial charge in [0.1, 0.15) is 11.9 Å². The van der Waals surface area contributed by atoms with Gasteiger partial charge in [0.15, 0.2) is 0 Å². The van der Waals surface area contributed by atoms with Crippen molar-refractivity contribution in [1.82, 2.24) is 4.57 Å². The van der Waals surface area contributed by atoms with Crippen LogP contribution in [-0.4, -0.2) is 30.8 Å². The normalized spacial score (nSPS) is 13.9. The highest BCUT2D eigenvalue weighted by Gasteiger charge is 2.27. The number of aliphatic hydroxyl groups excluding tert-OH is 1. The number of aromatic nitrogens is 1. The summed E-state index contributed by atoms with van der Waals surface area (Å²) in [6.07, 6.45) is 0.538. The zero-order valence-corrected chi connectivity index (χ0v) is 17.7. The molecular weight excluding hydrogens is 417 g/mol. The lowest BCUT2D eigenvalue weighted by Crippen LogP contribution is -2.30. The molecule has 0 bridgehead atoms. The molecule has 4 rings (SSSR count). The van der Waals surface area contributed by atoms with E-state index >= 15 is 0 Å². The quantitative estimate of drug-likeness (QED) is 0.432. The predicted octanol–water partition coefficient (Wildman–Crippen LogP) is 4.44. The topological polar surface area (TPSA) is 68.5 Å². The maximum Gasteiger partial charge on any atom is 0.297 e. The Morgan fingerprint density at radius 1 is 1.00 bits per heavy atom. The van der Waals surface area contributed by atoms with E-state index < -0.39 is 34.7 Å². The number of aliphatic hydroxyl groups is 1. The second kappa shape index (κ2) is 8.63. The third kappa shape index (κ3) is 4.54. The SMILES string of the molecule is Cc1ccc(S(=O)(=O)OC[C@H](O)[C@H](c2cccc(F)c2)n2ccc3ccccc32)cc1. The zero-order valence-electron chi connectivity index (χ0n) is 16.9. The zero-order chi connectivity index (χ0) is 22.0. The van der Waals surface area contributed by atoms with Crippen molar-refractivity contribution in [1.29, 1.82) is 0 Å². The van der Waals surface area contributed by atoms with Crippen molar-refractivity contribution in [2.24, 2.45) is 0 Å². The van der Waals surface area contributed by atoms with Crippen LogP contribution in [0.2, 0.25) is 0 Å². The third-order valence-corrected chi connectivity index (χ3v) is 6.48. The van der Waals surface area contributed by atoms with Gasteiger partial charge in [-0.15, -0.1) is 0 Å². The minimum atomic E-state index is -4.05. The van der Waals surface area contributed by atoms with Gasteiger partial charge in [0.25, 0.3) is 10.1 Å². The monoisotopic (exact) mass is 439 g/mol. The number of fused-ring (bicyclic) bond motifs is 1. The molecule has 5 nitrogen and oxygen atoms in total. The molecule has 0 aliphatic heterocycles. The molecule has 31 heavy (non-hydrogen) atoms. The summed E-state index contributed by atoms with van der Waals surface area (Å²) in [5.74, 6) is -0.445. The first-order chi connectivity index (χ1) is 14.8. The minimum Gasteiger partial charge on any atom is -0.388 e. The molecule has 2 atom stereocenters. The van der Waals surface area contributed by atoms with Crippen molar-refractivity contribution in [2.75, 3.05) is 6.61 Å². The molecule has 0 aliphatic rings. The Kier molecular flexibility index (Phi) is 5.91.